The van der Waals surface area contributed by atoms with E-state index >= 15 is 0 Å². The van der Waals surface area contributed by atoms with Crippen molar-refractivity contribution in [2.24, 2.45) is 0 Å². The highest BCUT2D eigenvalue weighted by molar-refractivity contribution is 7.12. The number of carbonyl (C=O) groups excluding carboxylic acids is 1. The van der Waals surface area contributed by atoms with Gasteiger partial charge in [-0.1, -0.05) is 0 Å². The van der Waals surface area contributed by atoms with E-state index in [9.17, 15) is 4.79 Å². The summed E-state index contributed by atoms with van der Waals surface area (Å²) < 4.78 is 6.61. The van der Waals surface area contributed by atoms with E-state index < -0.39 is 0 Å². The second kappa shape index (κ2) is 5.37. The first-order chi connectivity index (χ1) is 10.2. The van der Waals surface area contributed by atoms with Crippen molar-refractivity contribution in [2.45, 2.75) is 0 Å². The number of anilines is 1. The summed E-state index contributed by atoms with van der Waals surface area (Å²) in [5.74, 6) is 0.0351. The molecular formula is C14H12N4O2S. The van der Waals surface area contributed by atoms with E-state index in [1.54, 1.807) is 29.4 Å². The van der Waals surface area contributed by atoms with Gasteiger partial charge in [-0.2, -0.15) is 0 Å². The first-order valence-electron chi connectivity index (χ1n) is 6.11. The third kappa shape index (κ3) is 2.27. The molecule has 0 aliphatic heterocycles. The fraction of sp³-hybridized carbons (Fsp3) is 0.0714. The van der Waals surface area contributed by atoms with Crippen molar-refractivity contribution in [3.63, 3.8) is 0 Å². The molecule has 0 saturated carbocycles. The van der Waals surface area contributed by atoms with Crippen LogP contribution in [0.5, 0.6) is 0 Å². The van der Waals surface area contributed by atoms with Crippen molar-refractivity contribution < 1.29 is 9.53 Å². The summed E-state index contributed by atoms with van der Waals surface area (Å²) >= 11 is 1.32. The summed E-state index contributed by atoms with van der Waals surface area (Å²) in [6.07, 6.45) is 4.95. The number of ether oxygens (including phenoxy) is 1. The predicted octanol–water partition coefficient (Wildman–Crippen LogP) is 2.36. The van der Waals surface area contributed by atoms with E-state index in [0.717, 1.165) is 11.3 Å². The quantitative estimate of drug-likeness (QED) is 0.751. The van der Waals surface area contributed by atoms with Crippen LogP contribution in [0.15, 0.2) is 42.3 Å². The summed E-state index contributed by atoms with van der Waals surface area (Å²) in [6.45, 7) is 0. The molecule has 3 heterocycles. The Morgan fingerprint density at radius 3 is 3.05 bits per heavy atom. The minimum Gasteiger partial charge on any atom is -0.465 e. The molecule has 3 rings (SSSR count). The largest absolute Gasteiger partial charge is 0.465 e. The van der Waals surface area contributed by atoms with E-state index in [0.29, 0.717) is 16.4 Å². The molecule has 0 aliphatic carbocycles. The Bertz CT molecular complexity index is 794. The maximum atomic E-state index is 11.8. The molecule has 21 heavy (non-hydrogen) atoms. The minimum atomic E-state index is -0.376. The Balaban J connectivity index is 2.15. The zero-order valence-electron chi connectivity index (χ0n) is 11.2. The second-order valence-electron chi connectivity index (χ2n) is 4.21. The summed E-state index contributed by atoms with van der Waals surface area (Å²) in [4.78, 5) is 20.6. The summed E-state index contributed by atoms with van der Waals surface area (Å²) in [7, 11) is 1.36. The molecule has 0 radical (unpaired) electrons. The summed E-state index contributed by atoms with van der Waals surface area (Å²) in [5.41, 5.74) is 8.16. The maximum absolute atomic E-state index is 11.8. The van der Waals surface area contributed by atoms with Crippen molar-refractivity contribution in [3.05, 3.63) is 47.2 Å². The van der Waals surface area contributed by atoms with E-state index in [1.165, 1.54) is 18.4 Å². The van der Waals surface area contributed by atoms with Gasteiger partial charge in [-0.15, -0.1) is 11.3 Å². The lowest BCUT2D eigenvalue weighted by Gasteiger charge is -2.09. The molecule has 3 aromatic heterocycles. The number of carbonyl (C=O) groups is 1. The van der Waals surface area contributed by atoms with Gasteiger partial charge in [0.25, 0.3) is 0 Å². The molecule has 106 valence electrons. The first-order valence-corrected chi connectivity index (χ1v) is 6.99. The number of imidazole rings is 1. The number of nitrogen functional groups attached to an aromatic ring is 1. The van der Waals surface area contributed by atoms with Gasteiger partial charge in [-0.3, -0.25) is 4.57 Å². The maximum Gasteiger partial charge on any atom is 0.350 e. The van der Waals surface area contributed by atoms with Crippen LogP contribution in [0.25, 0.3) is 16.9 Å². The molecule has 0 fully saturated rings. The lowest BCUT2D eigenvalue weighted by molar-refractivity contribution is 0.0606. The zero-order chi connectivity index (χ0) is 14.8. The minimum absolute atomic E-state index is 0.376. The zero-order valence-corrected chi connectivity index (χ0v) is 12.0. The SMILES string of the molecule is COC(=O)c1sccc1-n1cncc1-c1cccnc1N. The molecule has 6 nitrogen and oxygen atoms in total. The number of nitrogens with zero attached hydrogens (tertiary/aromatic N) is 3. The smallest absolute Gasteiger partial charge is 0.350 e. The number of hydrogen-bond acceptors (Lipinski definition) is 6. The van der Waals surface area contributed by atoms with Gasteiger partial charge in [0.2, 0.25) is 0 Å². The molecular weight excluding hydrogens is 288 g/mol. The molecule has 0 unspecified atom stereocenters. The van der Waals surface area contributed by atoms with E-state index in [1.807, 2.05) is 17.5 Å². The topological polar surface area (TPSA) is 83.0 Å². The Morgan fingerprint density at radius 1 is 1.43 bits per heavy atom. The van der Waals surface area contributed by atoms with Crippen molar-refractivity contribution in [3.8, 4) is 16.9 Å². The van der Waals surface area contributed by atoms with Gasteiger partial charge in [-0.05, 0) is 23.6 Å². The lowest BCUT2D eigenvalue weighted by atomic mass is 10.2. The number of methoxy groups -OCH3 is 1. The lowest BCUT2D eigenvalue weighted by Crippen LogP contribution is -2.05. The molecule has 3 aromatic rings. The van der Waals surface area contributed by atoms with Gasteiger partial charge < -0.3 is 10.5 Å². The summed E-state index contributed by atoms with van der Waals surface area (Å²) in [5, 5.41) is 1.83. The number of esters is 1. The molecule has 0 aromatic carbocycles. The van der Waals surface area contributed by atoms with Crippen LogP contribution in [0.4, 0.5) is 5.82 Å². The first kappa shape index (κ1) is 13.3. The monoisotopic (exact) mass is 300 g/mol. The van der Waals surface area contributed by atoms with Crippen LogP contribution in [-0.2, 0) is 4.74 Å². The van der Waals surface area contributed by atoms with Gasteiger partial charge in [0, 0.05) is 11.8 Å². The van der Waals surface area contributed by atoms with Gasteiger partial charge in [-0.25, -0.2) is 14.8 Å². The standard InChI is InChI=1S/C14H12N4O2S/c1-20-14(19)12-10(4-6-21-12)18-8-16-7-11(18)9-3-2-5-17-13(9)15/h2-8H,1H3,(H2,15,17). The van der Waals surface area contributed by atoms with Gasteiger partial charge in [0.15, 0.2) is 0 Å². The fourth-order valence-corrected chi connectivity index (χ4v) is 2.86. The van der Waals surface area contributed by atoms with Crippen molar-refractivity contribution in [1.29, 1.82) is 0 Å². The highest BCUT2D eigenvalue weighted by Gasteiger charge is 2.18. The number of hydrogen-bond donors (Lipinski definition) is 1. The Morgan fingerprint density at radius 2 is 2.29 bits per heavy atom. The molecule has 7 heteroatoms. The highest BCUT2D eigenvalue weighted by atomic mass is 32.1. The molecule has 0 amide bonds. The number of pyridine rings is 1. The third-order valence-corrected chi connectivity index (χ3v) is 3.91. The van der Waals surface area contributed by atoms with Gasteiger partial charge in [0.05, 0.1) is 31.0 Å². The van der Waals surface area contributed by atoms with Crippen LogP contribution in [0.3, 0.4) is 0 Å². The van der Waals surface area contributed by atoms with Crippen LogP contribution < -0.4 is 5.73 Å². The van der Waals surface area contributed by atoms with Gasteiger partial charge in [0.1, 0.15) is 10.7 Å². The van der Waals surface area contributed by atoms with Crippen molar-refractivity contribution in [2.75, 3.05) is 12.8 Å². The number of nitrogens with two attached hydrogens (primary N) is 1. The Kier molecular flexibility index (Phi) is 3.41. The third-order valence-electron chi connectivity index (χ3n) is 3.03. The normalized spacial score (nSPS) is 10.5. The van der Waals surface area contributed by atoms with Crippen LogP contribution in [0.2, 0.25) is 0 Å². The van der Waals surface area contributed by atoms with Crippen molar-refractivity contribution in [1.82, 2.24) is 14.5 Å². The average Bonchev–Trinajstić information content (AvgIpc) is 3.15. The van der Waals surface area contributed by atoms with Crippen molar-refractivity contribution >= 4 is 23.1 Å². The predicted molar refractivity (Wildman–Crippen MR) is 80.4 cm³/mol. The molecule has 0 saturated heterocycles. The van der Waals surface area contributed by atoms with Crippen LogP contribution in [0, 0.1) is 0 Å². The summed E-state index contributed by atoms with van der Waals surface area (Å²) in [6, 6.07) is 5.51. The molecule has 2 N–H and O–H groups in total. The van der Waals surface area contributed by atoms with Crippen LogP contribution in [-0.4, -0.2) is 27.6 Å². The van der Waals surface area contributed by atoms with E-state index in [-0.39, 0.29) is 5.97 Å². The van der Waals surface area contributed by atoms with Gasteiger partial charge >= 0.3 is 5.97 Å². The molecule has 0 atom stereocenters. The van der Waals surface area contributed by atoms with E-state index in [2.05, 4.69) is 9.97 Å². The number of aromatic nitrogens is 3. The Hall–Kier alpha value is -2.67. The average molecular weight is 300 g/mol. The van der Waals surface area contributed by atoms with Crippen LogP contribution >= 0.6 is 11.3 Å². The molecule has 0 spiro atoms. The van der Waals surface area contributed by atoms with E-state index in [4.69, 9.17) is 10.5 Å². The fourth-order valence-electron chi connectivity index (χ4n) is 2.06. The highest BCUT2D eigenvalue weighted by Crippen LogP contribution is 2.29. The Labute approximate surface area is 124 Å². The second-order valence-corrected chi connectivity index (χ2v) is 5.13. The number of thiophene rings is 1. The molecule has 0 bridgehead atoms. The van der Waals surface area contributed by atoms with Crippen LogP contribution in [0.1, 0.15) is 9.67 Å². The number of rotatable bonds is 3. The molecule has 0 aliphatic rings.